The first-order valence-corrected chi connectivity index (χ1v) is 11.0. The summed E-state index contributed by atoms with van der Waals surface area (Å²) in [6, 6.07) is 13.7. The molecule has 0 aliphatic carbocycles. The van der Waals surface area contributed by atoms with E-state index in [0.29, 0.717) is 25.2 Å². The minimum absolute atomic E-state index is 0.00411. The molecule has 1 aliphatic rings. The number of carbonyl (C=O) groups excluding carboxylic acids is 1. The minimum atomic E-state index is -3.64. The Labute approximate surface area is 171 Å². The molecule has 0 N–H and O–H groups in total. The van der Waals surface area contributed by atoms with Crippen molar-refractivity contribution in [3.8, 4) is 5.75 Å². The first-order valence-electron chi connectivity index (χ1n) is 9.55. The van der Waals surface area contributed by atoms with E-state index in [4.69, 9.17) is 9.47 Å². The van der Waals surface area contributed by atoms with Gasteiger partial charge in [0, 0.05) is 37.4 Å². The summed E-state index contributed by atoms with van der Waals surface area (Å²) in [4.78, 5) is 14.1. The van der Waals surface area contributed by atoms with Crippen molar-refractivity contribution >= 4 is 21.7 Å². The molecule has 0 spiro atoms. The lowest BCUT2D eigenvalue weighted by molar-refractivity contribution is 0.0526. The Morgan fingerprint density at radius 2 is 1.86 bits per heavy atom. The van der Waals surface area contributed by atoms with Crippen molar-refractivity contribution in [1.29, 1.82) is 0 Å². The Morgan fingerprint density at radius 3 is 2.48 bits per heavy atom. The molecular weight excluding hydrogens is 392 g/mol. The highest BCUT2D eigenvalue weighted by atomic mass is 32.2. The number of ether oxygens (including phenoxy) is 2. The summed E-state index contributed by atoms with van der Waals surface area (Å²) in [5, 5.41) is 0. The van der Waals surface area contributed by atoms with Crippen LogP contribution in [0.4, 0.5) is 5.69 Å². The number of carbonyl (C=O) groups is 1. The molecule has 156 valence electrons. The van der Waals surface area contributed by atoms with Crippen molar-refractivity contribution in [2.45, 2.75) is 24.8 Å². The van der Waals surface area contributed by atoms with Crippen LogP contribution in [0.15, 0.2) is 53.4 Å². The number of anilines is 1. The van der Waals surface area contributed by atoms with E-state index in [1.165, 1.54) is 28.6 Å². The maximum Gasteiger partial charge on any atom is 0.338 e. The van der Waals surface area contributed by atoms with E-state index in [1.54, 1.807) is 14.0 Å². The molecule has 1 fully saturated rings. The van der Waals surface area contributed by atoms with Crippen LogP contribution in [0.3, 0.4) is 0 Å². The van der Waals surface area contributed by atoms with Crippen molar-refractivity contribution in [2.24, 2.45) is 0 Å². The van der Waals surface area contributed by atoms with Crippen LogP contribution in [0.25, 0.3) is 0 Å². The van der Waals surface area contributed by atoms with Gasteiger partial charge in [-0.25, -0.2) is 13.2 Å². The summed E-state index contributed by atoms with van der Waals surface area (Å²) < 4.78 is 37.8. The lowest BCUT2D eigenvalue weighted by Crippen LogP contribution is -2.53. The third-order valence-corrected chi connectivity index (χ3v) is 6.86. The van der Waals surface area contributed by atoms with Crippen molar-refractivity contribution < 1.29 is 22.7 Å². The number of methoxy groups -OCH3 is 1. The molecule has 29 heavy (non-hydrogen) atoms. The molecule has 7 nitrogen and oxygen atoms in total. The quantitative estimate of drug-likeness (QED) is 0.672. The van der Waals surface area contributed by atoms with Crippen molar-refractivity contribution in [1.82, 2.24) is 4.31 Å². The molecule has 2 aromatic carbocycles. The molecule has 2 aromatic rings. The van der Waals surface area contributed by atoms with Gasteiger partial charge >= 0.3 is 5.97 Å². The smallest absolute Gasteiger partial charge is 0.338 e. The Balaban J connectivity index is 1.73. The number of benzene rings is 2. The Kier molecular flexibility index (Phi) is 6.44. The summed E-state index contributed by atoms with van der Waals surface area (Å²) in [6.07, 6.45) is 0. The van der Waals surface area contributed by atoms with Crippen LogP contribution in [0.1, 0.15) is 24.2 Å². The van der Waals surface area contributed by atoms with E-state index in [1.807, 2.05) is 31.2 Å². The predicted octanol–water partition coefficient (Wildman–Crippen LogP) is 2.77. The lowest BCUT2D eigenvalue weighted by Gasteiger charge is -2.40. The molecule has 1 saturated heterocycles. The summed E-state index contributed by atoms with van der Waals surface area (Å²) in [5.74, 6) is 0.309. The summed E-state index contributed by atoms with van der Waals surface area (Å²) in [7, 11) is -2.01. The summed E-state index contributed by atoms with van der Waals surface area (Å²) in [5.41, 5.74) is 1.34. The molecule has 0 amide bonds. The zero-order valence-electron chi connectivity index (χ0n) is 16.9. The van der Waals surface area contributed by atoms with Crippen LogP contribution in [-0.4, -0.2) is 58.1 Å². The maximum absolute atomic E-state index is 13.1. The highest BCUT2D eigenvalue weighted by molar-refractivity contribution is 7.89. The van der Waals surface area contributed by atoms with Crippen LogP contribution < -0.4 is 9.64 Å². The first kappa shape index (κ1) is 21.1. The second-order valence-electron chi connectivity index (χ2n) is 6.85. The van der Waals surface area contributed by atoms with Crippen LogP contribution in [0.2, 0.25) is 0 Å². The average Bonchev–Trinajstić information content (AvgIpc) is 2.74. The highest BCUT2D eigenvalue weighted by Gasteiger charge is 2.32. The Morgan fingerprint density at radius 1 is 1.14 bits per heavy atom. The third-order valence-electron chi connectivity index (χ3n) is 4.98. The van der Waals surface area contributed by atoms with Crippen LogP contribution >= 0.6 is 0 Å². The van der Waals surface area contributed by atoms with Gasteiger partial charge in [0.1, 0.15) is 5.75 Å². The molecule has 3 rings (SSSR count). The average molecular weight is 419 g/mol. The fraction of sp³-hybridized carbons (Fsp3) is 0.381. The molecule has 1 aliphatic heterocycles. The minimum Gasteiger partial charge on any atom is -0.497 e. The molecule has 1 heterocycles. The number of esters is 1. The number of piperazine rings is 1. The van der Waals surface area contributed by atoms with E-state index in [-0.39, 0.29) is 17.5 Å². The van der Waals surface area contributed by atoms with E-state index >= 15 is 0 Å². The van der Waals surface area contributed by atoms with Gasteiger partial charge < -0.3 is 14.4 Å². The zero-order chi connectivity index (χ0) is 21.0. The van der Waals surface area contributed by atoms with Crippen LogP contribution in [-0.2, 0) is 14.8 Å². The monoisotopic (exact) mass is 418 g/mol. The van der Waals surface area contributed by atoms with E-state index in [9.17, 15) is 13.2 Å². The van der Waals surface area contributed by atoms with E-state index in [0.717, 1.165) is 11.4 Å². The van der Waals surface area contributed by atoms with Gasteiger partial charge in [0.25, 0.3) is 0 Å². The third kappa shape index (κ3) is 4.54. The van der Waals surface area contributed by atoms with Crippen molar-refractivity contribution in [3.63, 3.8) is 0 Å². The van der Waals surface area contributed by atoms with Crippen molar-refractivity contribution in [2.75, 3.05) is 38.3 Å². The normalized spacial score (nSPS) is 17.8. The number of hydrogen-bond acceptors (Lipinski definition) is 6. The number of nitrogens with zero attached hydrogens (tertiary/aromatic N) is 2. The molecule has 0 saturated carbocycles. The SMILES string of the molecule is CCOC(=O)c1ccc(S(=O)(=O)N2CCN(c3cccc(OC)c3)[C@@H](C)C2)cc1. The molecule has 0 aromatic heterocycles. The van der Waals surface area contributed by atoms with Gasteiger partial charge in [-0.05, 0) is 50.2 Å². The summed E-state index contributed by atoms with van der Waals surface area (Å²) in [6.45, 7) is 5.33. The Hall–Kier alpha value is -2.58. The predicted molar refractivity (Wildman–Crippen MR) is 111 cm³/mol. The second-order valence-corrected chi connectivity index (χ2v) is 8.79. The number of sulfonamides is 1. The van der Waals surface area contributed by atoms with Gasteiger partial charge in [-0.3, -0.25) is 0 Å². The van der Waals surface area contributed by atoms with Gasteiger partial charge in [-0.2, -0.15) is 4.31 Å². The van der Waals surface area contributed by atoms with Gasteiger partial charge in [0.2, 0.25) is 10.0 Å². The largest absolute Gasteiger partial charge is 0.497 e. The molecule has 0 radical (unpaired) electrons. The van der Waals surface area contributed by atoms with E-state index in [2.05, 4.69) is 4.90 Å². The second kappa shape index (κ2) is 8.84. The summed E-state index contributed by atoms with van der Waals surface area (Å²) >= 11 is 0. The van der Waals surface area contributed by atoms with Gasteiger partial charge in [0.15, 0.2) is 0 Å². The molecule has 0 unspecified atom stereocenters. The standard InChI is InChI=1S/C21H26N2O5S/c1-4-28-21(24)17-8-10-20(11-9-17)29(25,26)22-12-13-23(16(2)15-22)18-6-5-7-19(14-18)27-3/h5-11,14,16H,4,12-13,15H2,1-3H3/t16-/m0/s1. The van der Waals surface area contributed by atoms with Crippen LogP contribution in [0, 0.1) is 0 Å². The number of hydrogen-bond donors (Lipinski definition) is 0. The Bertz CT molecular complexity index is 959. The fourth-order valence-electron chi connectivity index (χ4n) is 3.44. The van der Waals surface area contributed by atoms with Gasteiger partial charge in [0.05, 0.1) is 24.2 Å². The maximum atomic E-state index is 13.1. The van der Waals surface area contributed by atoms with Crippen LogP contribution in [0.5, 0.6) is 5.75 Å². The van der Waals surface area contributed by atoms with Gasteiger partial charge in [-0.1, -0.05) is 6.07 Å². The molecular formula is C21H26N2O5S. The topological polar surface area (TPSA) is 76.2 Å². The molecule has 8 heteroatoms. The molecule has 0 bridgehead atoms. The fourth-order valence-corrected chi connectivity index (χ4v) is 4.95. The van der Waals surface area contributed by atoms with Gasteiger partial charge in [-0.15, -0.1) is 0 Å². The van der Waals surface area contributed by atoms with E-state index < -0.39 is 16.0 Å². The van der Waals surface area contributed by atoms with Crippen molar-refractivity contribution in [3.05, 3.63) is 54.1 Å². The first-order chi connectivity index (χ1) is 13.9. The lowest BCUT2D eigenvalue weighted by atomic mass is 10.1. The highest BCUT2D eigenvalue weighted by Crippen LogP contribution is 2.27. The number of rotatable bonds is 6. The molecule has 1 atom stereocenters. The zero-order valence-corrected chi connectivity index (χ0v) is 17.7.